The molecule has 0 bridgehead atoms. The topological polar surface area (TPSA) is 47.6 Å². The largest absolute Gasteiger partial charge is 0.482 e. The van der Waals surface area contributed by atoms with Crippen molar-refractivity contribution in [2.45, 2.75) is 45.4 Å². The minimum Gasteiger partial charge on any atom is -0.482 e. The normalized spacial score (nSPS) is 14.5. The summed E-state index contributed by atoms with van der Waals surface area (Å²) in [7, 11) is 0. The molecule has 4 nitrogen and oxygen atoms in total. The molecule has 0 atom stereocenters. The maximum atomic E-state index is 11.3. The van der Waals surface area contributed by atoms with Crippen LogP contribution in [0.1, 0.15) is 32.3 Å². The van der Waals surface area contributed by atoms with Crippen molar-refractivity contribution in [2.75, 3.05) is 6.61 Å². The highest BCUT2D eigenvalue weighted by Gasteiger charge is 2.19. The predicted octanol–water partition coefficient (Wildman–Crippen LogP) is 2.27. The summed E-state index contributed by atoms with van der Waals surface area (Å²) in [6.45, 7) is 4.48. The number of hydrogen-bond donors (Lipinski definition) is 1. The van der Waals surface area contributed by atoms with Crippen LogP contribution >= 0.6 is 0 Å². The van der Waals surface area contributed by atoms with Gasteiger partial charge in [0.05, 0.1) is 6.10 Å². The second kappa shape index (κ2) is 6.57. The number of benzene rings is 1. The van der Waals surface area contributed by atoms with E-state index in [4.69, 9.17) is 9.47 Å². The zero-order valence-corrected chi connectivity index (χ0v) is 11.5. The van der Waals surface area contributed by atoms with Crippen molar-refractivity contribution < 1.29 is 14.3 Å². The van der Waals surface area contributed by atoms with Crippen LogP contribution in [-0.4, -0.2) is 24.7 Å². The van der Waals surface area contributed by atoms with Crippen molar-refractivity contribution in [3.05, 3.63) is 29.8 Å². The third-order valence-electron chi connectivity index (χ3n) is 2.82. The Hall–Kier alpha value is -1.55. The summed E-state index contributed by atoms with van der Waals surface area (Å²) in [6.07, 6.45) is 2.48. The van der Waals surface area contributed by atoms with Gasteiger partial charge in [0.15, 0.2) is 6.61 Å². The van der Waals surface area contributed by atoms with E-state index in [1.54, 1.807) is 0 Å². The molecular formula is C15H21NO3. The first kappa shape index (κ1) is 13.9. The maximum absolute atomic E-state index is 11.3. The summed E-state index contributed by atoms with van der Waals surface area (Å²) in [5, 5.41) is 3.45. The van der Waals surface area contributed by atoms with Crippen LogP contribution in [0.4, 0.5) is 0 Å². The van der Waals surface area contributed by atoms with Crippen molar-refractivity contribution in [1.29, 1.82) is 0 Å². The van der Waals surface area contributed by atoms with Gasteiger partial charge in [-0.3, -0.25) is 0 Å². The molecule has 1 aromatic carbocycles. The number of hydrogen-bond acceptors (Lipinski definition) is 4. The van der Waals surface area contributed by atoms with Gasteiger partial charge in [0, 0.05) is 12.6 Å². The van der Waals surface area contributed by atoms with Crippen molar-refractivity contribution in [3.8, 4) is 5.75 Å². The zero-order chi connectivity index (χ0) is 13.7. The maximum Gasteiger partial charge on any atom is 0.344 e. The fourth-order valence-electron chi connectivity index (χ4n) is 1.69. The molecule has 19 heavy (non-hydrogen) atoms. The standard InChI is InChI=1S/C15H21NO3/c1-11(2)19-15(17)10-18-14-7-3-12(4-8-14)9-16-13-5-6-13/h3-4,7-8,11,13,16H,5-6,9-10H2,1-2H3. The van der Waals surface area contributed by atoms with Crippen LogP contribution in [0.5, 0.6) is 5.75 Å². The van der Waals surface area contributed by atoms with Crippen LogP contribution in [-0.2, 0) is 16.1 Å². The highest BCUT2D eigenvalue weighted by molar-refractivity contribution is 5.71. The molecule has 1 aliphatic carbocycles. The van der Waals surface area contributed by atoms with E-state index < -0.39 is 0 Å². The molecule has 0 spiro atoms. The van der Waals surface area contributed by atoms with Crippen molar-refractivity contribution in [2.24, 2.45) is 0 Å². The summed E-state index contributed by atoms with van der Waals surface area (Å²) in [6, 6.07) is 8.50. The smallest absolute Gasteiger partial charge is 0.344 e. The Balaban J connectivity index is 1.72. The monoisotopic (exact) mass is 263 g/mol. The SMILES string of the molecule is CC(C)OC(=O)COc1ccc(CNC2CC2)cc1. The van der Waals surface area contributed by atoms with E-state index in [1.165, 1.54) is 18.4 Å². The summed E-state index contributed by atoms with van der Waals surface area (Å²) >= 11 is 0. The van der Waals surface area contributed by atoms with Gasteiger partial charge < -0.3 is 14.8 Å². The van der Waals surface area contributed by atoms with E-state index in [2.05, 4.69) is 5.32 Å². The lowest BCUT2D eigenvalue weighted by molar-refractivity contribution is -0.149. The molecule has 1 aromatic rings. The first-order valence-electron chi connectivity index (χ1n) is 6.78. The average molecular weight is 263 g/mol. The molecule has 0 unspecified atom stereocenters. The summed E-state index contributed by atoms with van der Waals surface area (Å²) in [4.78, 5) is 11.3. The predicted molar refractivity (Wildman–Crippen MR) is 73.0 cm³/mol. The van der Waals surface area contributed by atoms with Crippen LogP contribution in [0.2, 0.25) is 0 Å². The molecule has 1 aliphatic rings. The Morgan fingerprint density at radius 3 is 2.58 bits per heavy atom. The van der Waals surface area contributed by atoms with Crippen LogP contribution in [0.25, 0.3) is 0 Å². The number of nitrogens with one attached hydrogen (secondary N) is 1. The number of ether oxygens (including phenoxy) is 2. The number of esters is 1. The van der Waals surface area contributed by atoms with Crippen LogP contribution < -0.4 is 10.1 Å². The van der Waals surface area contributed by atoms with Crippen molar-refractivity contribution >= 4 is 5.97 Å². The summed E-state index contributed by atoms with van der Waals surface area (Å²) in [5.74, 6) is 0.352. The molecule has 0 amide bonds. The van der Waals surface area contributed by atoms with Gasteiger partial charge in [-0.05, 0) is 44.4 Å². The number of carbonyl (C=O) groups is 1. The Kier molecular flexibility index (Phi) is 4.80. The summed E-state index contributed by atoms with van der Waals surface area (Å²) < 4.78 is 10.4. The van der Waals surface area contributed by atoms with E-state index in [-0.39, 0.29) is 18.7 Å². The van der Waals surface area contributed by atoms with Gasteiger partial charge in [0.2, 0.25) is 0 Å². The lowest BCUT2D eigenvalue weighted by Crippen LogP contribution is -2.18. The van der Waals surface area contributed by atoms with E-state index in [0.29, 0.717) is 11.8 Å². The van der Waals surface area contributed by atoms with E-state index >= 15 is 0 Å². The molecule has 0 radical (unpaired) electrons. The van der Waals surface area contributed by atoms with E-state index in [0.717, 1.165) is 6.54 Å². The molecule has 0 heterocycles. The van der Waals surface area contributed by atoms with Gasteiger partial charge in [0.1, 0.15) is 5.75 Å². The first-order valence-corrected chi connectivity index (χ1v) is 6.78. The van der Waals surface area contributed by atoms with Crippen LogP contribution in [0.15, 0.2) is 24.3 Å². The Labute approximate surface area is 114 Å². The third-order valence-corrected chi connectivity index (χ3v) is 2.82. The van der Waals surface area contributed by atoms with Gasteiger partial charge in [-0.25, -0.2) is 4.79 Å². The highest BCUT2D eigenvalue weighted by atomic mass is 16.6. The zero-order valence-electron chi connectivity index (χ0n) is 11.5. The molecule has 0 aliphatic heterocycles. The number of rotatable bonds is 7. The van der Waals surface area contributed by atoms with Crippen LogP contribution in [0.3, 0.4) is 0 Å². The van der Waals surface area contributed by atoms with Gasteiger partial charge in [-0.2, -0.15) is 0 Å². The minimum absolute atomic E-state index is 0.0438. The fraction of sp³-hybridized carbons (Fsp3) is 0.533. The Morgan fingerprint density at radius 2 is 2.00 bits per heavy atom. The molecule has 1 saturated carbocycles. The third kappa shape index (κ3) is 5.30. The second-order valence-corrected chi connectivity index (χ2v) is 5.13. The molecule has 0 saturated heterocycles. The lowest BCUT2D eigenvalue weighted by atomic mass is 10.2. The van der Waals surface area contributed by atoms with Crippen molar-refractivity contribution in [3.63, 3.8) is 0 Å². The molecule has 1 N–H and O–H groups in total. The van der Waals surface area contributed by atoms with Gasteiger partial charge >= 0.3 is 5.97 Å². The molecule has 1 fully saturated rings. The van der Waals surface area contributed by atoms with E-state index in [9.17, 15) is 4.79 Å². The molecule has 0 aromatic heterocycles. The molecule has 2 rings (SSSR count). The fourth-order valence-corrected chi connectivity index (χ4v) is 1.69. The van der Waals surface area contributed by atoms with E-state index in [1.807, 2.05) is 38.1 Å². The highest BCUT2D eigenvalue weighted by Crippen LogP contribution is 2.19. The van der Waals surface area contributed by atoms with Gasteiger partial charge in [0.25, 0.3) is 0 Å². The quantitative estimate of drug-likeness (QED) is 0.767. The van der Waals surface area contributed by atoms with Crippen LogP contribution in [0, 0.1) is 0 Å². The van der Waals surface area contributed by atoms with Crippen molar-refractivity contribution in [1.82, 2.24) is 5.32 Å². The number of carbonyl (C=O) groups excluding carboxylic acids is 1. The second-order valence-electron chi connectivity index (χ2n) is 5.13. The Bertz CT molecular complexity index is 410. The molecular weight excluding hydrogens is 242 g/mol. The molecule has 104 valence electrons. The Morgan fingerprint density at radius 1 is 1.32 bits per heavy atom. The van der Waals surface area contributed by atoms with Gasteiger partial charge in [-0.1, -0.05) is 12.1 Å². The molecule has 4 heteroatoms. The lowest BCUT2D eigenvalue weighted by Gasteiger charge is -2.09. The average Bonchev–Trinajstić information content (AvgIpc) is 3.18. The summed E-state index contributed by atoms with van der Waals surface area (Å²) in [5.41, 5.74) is 1.23. The first-order chi connectivity index (χ1) is 9.13. The minimum atomic E-state index is -0.338. The van der Waals surface area contributed by atoms with Gasteiger partial charge in [-0.15, -0.1) is 0 Å².